The van der Waals surface area contributed by atoms with Crippen LogP contribution in [0, 0.1) is 5.82 Å². The number of aromatic nitrogens is 3. The number of ether oxygens (including phenoxy) is 1. The first-order valence-corrected chi connectivity index (χ1v) is 8.29. The highest BCUT2D eigenvalue weighted by molar-refractivity contribution is 5.90. The van der Waals surface area contributed by atoms with Gasteiger partial charge in [-0.15, -0.1) is 5.10 Å². The van der Waals surface area contributed by atoms with Crippen molar-refractivity contribution in [1.29, 1.82) is 0 Å². The van der Waals surface area contributed by atoms with Gasteiger partial charge < -0.3 is 15.2 Å². The molecule has 1 amide bonds. The molecule has 3 rings (SSSR count). The maximum atomic E-state index is 12.9. The van der Waals surface area contributed by atoms with Crippen molar-refractivity contribution in [3.8, 4) is 5.75 Å². The Balaban J connectivity index is 1.56. The molecule has 140 valence electrons. The fraction of sp³-hybridized carbons (Fsp3) is 0.211. The molecule has 0 aliphatic heterocycles. The molecule has 2 N–H and O–H groups in total. The van der Waals surface area contributed by atoms with Crippen LogP contribution in [-0.4, -0.2) is 32.9 Å². The first-order chi connectivity index (χ1) is 13.0. The molecule has 0 spiro atoms. The Kier molecular flexibility index (Phi) is 5.77. The van der Waals surface area contributed by atoms with Gasteiger partial charge in [-0.2, -0.15) is 0 Å². The normalized spacial score (nSPS) is 11.8. The average molecular weight is 370 g/mol. The van der Waals surface area contributed by atoms with Gasteiger partial charge in [0.2, 0.25) is 5.82 Å². The van der Waals surface area contributed by atoms with Gasteiger partial charge in [-0.05, 0) is 35.4 Å². The number of rotatable bonds is 7. The van der Waals surface area contributed by atoms with Crippen LogP contribution in [0.1, 0.15) is 27.8 Å². The zero-order valence-electron chi connectivity index (χ0n) is 14.7. The van der Waals surface area contributed by atoms with Gasteiger partial charge in [0, 0.05) is 6.54 Å². The van der Waals surface area contributed by atoms with E-state index in [4.69, 9.17) is 4.74 Å². The van der Waals surface area contributed by atoms with Crippen molar-refractivity contribution in [1.82, 2.24) is 20.1 Å². The Bertz CT molecular complexity index is 894. The summed E-state index contributed by atoms with van der Waals surface area (Å²) in [5.41, 5.74) is 1.47. The summed E-state index contributed by atoms with van der Waals surface area (Å²) in [6.07, 6.45) is 0.590. The number of hydrogen-bond donors (Lipinski definition) is 2. The molecule has 2 aromatic carbocycles. The lowest BCUT2D eigenvalue weighted by Gasteiger charge is -2.11. The summed E-state index contributed by atoms with van der Waals surface area (Å²) >= 11 is 0. The van der Waals surface area contributed by atoms with E-state index in [0.717, 1.165) is 5.56 Å². The number of hydrogen-bond acceptors (Lipinski definition) is 5. The fourth-order valence-corrected chi connectivity index (χ4v) is 2.46. The smallest absolute Gasteiger partial charge is 0.291 e. The molecular weight excluding hydrogens is 351 g/mol. The molecule has 27 heavy (non-hydrogen) atoms. The Morgan fingerprint density at radius 3 is 2.59 bits per heavy atom. The van der Waals surface area contributed by atoms with Crippen molar-refractivity contribution < 1.29 is 19.0 Å². The highest BCUT2D eigenvalue weighted by Crippen LogP contribution is 2.18. The number of halogens is 1. The van der Waals surface area contributed by atoms with Gasteiger partial charge >= 0.3 is 0 Å². The number of aliphatic hydroxyl groups is 1. The van der Waals surface area contributed by atoms with Crippen LogP contribution < -0.4 is 10.1 Å². The average Bonchev–Trinajstić information content (AvgIpc) is 3.16. The maximum absolute atomic E-state index is 12.9. The van der Waals surface area contributed by atoms with E-state index in [0.29, 0.717) is 11.3 Å². The third-order valence-corrected chi connectivity index (χ3v) is 3.97. The molecule has 0 saturated carbocycles. The van der Waals surface area contributed by atoms with Gasteiger partial charge in [0.25, 0.3) is 5.91 Å². The summed E-state index contributed by atoms with van der Waals surface area (Å²) in [5, 5.41) is 17.1. The lowest BCUT2D eigenvalue weighted by Crippen LogP contribution is -2.24. The summed E-state index contributed by atoms with van der Waals surface area (Å²) in [6, 6.07) is 12.9. The van der Waals surface area contributed by atoms with Crippen LogP contribution in [-0.2, 0) is 13.1 Å². The molecule has 0 saturated heterocycles. The second-order valence-corrected chi connectivity index (χ2v) is 5.89. The number of methoxy groups -OCH3 is 1. The van der Waals surface area contributed by atoms with E-state index in [1.54, 1.807) is 43.5 Å². The van der Waals surface area contributed by atoms with Crippen LogP contribution in [0.25, 0.3) is 0 Å². The van der Waals surface area contributed by atoms with E-state index in [-0.39, 0.29) is 24.7 Å². The standard InChI is InChI=1S/C19H19FN4O3/c1-27-16-8-4-14(5-9-16)17(25)11-24-12-22-18(23-24)19(26)21-10-13-2-6-15(20)7-3-13/h2-9,12,17,25H,10-11H2,1H3,(H,21,26). The lowest BCUT2D eigenvalue weighted by molar-refractivity contribution is 0.0938. The first-order valence-electron chi connectivity index (χ1n) is 8.29. The number of benzene rings is 2. The Morgan fingerprint density at radius 2 is 1.93 bits per heavy atom. The van der Waals surface area contributed by atoms with Crippen molar-refractivity contribution >= 4 is 5.91 Å². The Hall–Kier alpha value is -3.26. The summed E-state index contributed by atoms with van der Waals surface area (Å²) in [7, 11) is 1.57. The topological polar surface area (TPSA) is 89.3 Å². The Labute approximate surface area is 155 Å². The lowest BCUT2D eigenvalue weighted by atomic mass is 10.1. The monoisotopic (exact) mass is 370 g/mol. The van der Waals surface area contributed by atoms with Crippen molar-refractivity contribution in [2.75, 3.05) is 7.11 Å². The largest absolute Gasteiger partial charge is 0.497 e. The molecule has 0 fully saturated rings. The zero-order valence-corrected chi connectivity index (χ0v) is 14.7. The minimum Gasteiger partial charge on any atom is -0.497 e. The molecule has 0 bridgehead atoms. The molecular formula is C19H19FN4O3. The van der Waals surface area contributed by atoms with Gasteiger partial charge in [-0.3, -0.25) is 4.79 Å². The van der Waals surface area contributed by atoms with Crippen molar-refractivity contribution in [3.63, 3.8) is 0 Å². The Morgan fingerprint density at radius 1 is 1.22 bits per heavy atom. The summed E-state index contributed by atoms with van der Waals surface area (Å²) in [4.78, 5) is 16.1. The molecule has 7 nitrogen and oxygen atoms in total. The van der Waals surface area contributed by atoms with E-state index >= 15 is 0 Å². The van der Waals surface area contributed by atoms with Crippen molar-refractivity contribution in [2.45, 2.75) is 19.2 Å². The van der Waals surface area contributed by atoms with E-state index < -0.39 is 12.0 Å². The number of amides is 1. The summed E-state index contributed by atoms with van der Waals surface area (Å²) in [6.45, 7) is 0.396. The number of carbonyl (C=O) groups is 1. The summed E-state index contributed by atoms with van der Waals surface area (Å²) in [5.74, 6) is -0.0798. The quantitative estimate of drug-likeness (QED) is 0.665. The van der Waals surface area contributed by atoms with Gasteiger partial charge in [0.15, 0.2) is 0 Å². The van der Waals surface area contributed by atoms with E-state index in [1.165, 1.54) is 23.1 Å². The molecule has 1 heterocycles. The van der Waals surface area contributed by atoms with Crippen LogP contribution in [0.15, 0.2) is 54.9 Å². The van der Waals surface area contributed by atoms with Crippen molar-refractivity contribution in [2.24, 2.45) is 0 Å². The predicted octanol–water partition coefficient (Wildman–Crippen LogP) is 2.09. The molecule has 1 unspecified atom stereocenters. The highest BCUT2D eigenvalue weighted by Gasteiger charge is 2.14. The molecule has 8 heteroatoms. The second kappa shape index (κ2) is 8.41. The molecule has 0 aliphatic carbocycles. The summed E-state index contributed by atoms with van der Waals surface area (Å²) < 4.78 is 19.4. The van der Waals surface area contributed by atoms with Gasteiger partial charge in [0.05, 0.1) is 19.8 Å². The van der Waals surface area contributed by atoms with Gasteiger partial charge in [-0.1, -0.05) is 24.3 Å². The third-order valence-electron chi connectivity index (χ3n) is 3.97. The number of carbonyl (C=O) groups excluding carboxylic acids is 1. The molecule has 0 radical (unpaired) electrons. The van der Waals surface area contributed by atoms with E-state index in [9.17, 15) is 14.3 Å². The van der Waals surface area contributed by atoms with Gasteiger partial charge in [0.1, 0.15) is 17.9 Å². The molecule has 1 aromatic heterocycles. The minimum absolute atomic E-state index is 0.000886. The van der Waals surface area contributed by atoms with Crippen LogP contribution in [0.5, 0.6) is 5.75 Å². The van der Waals surface area contributed by atoms with Crippen molar-refractivity contribution in [3.05, 3.63) is 77.6 Å². The van der Waals surface area contributed by atoms with Crippen LogP contribution in [0.4, 0.5) is 4.39 Å². The molecule has 0 aliphatic rings. The molecule has 3 aromatic rings. The zero-order chi connectivity index (χ0) is 19.2. The third kappa shape index (κ3) is 4.89. The maximum Gasteiger partial charge on any atom is 0.291 e. The number of aliphatic hydroxyl groups excluding tert-OH is 1. The highest BCUT2D eigenvalue weighted by atomic mass is 19.1. The predicted molar refractivity (Wildman–Crippen MR) is 95.5 cm³/mol. The number of nitrogens with one attached hydrogen (secondary N) is 1. The SMILES string of the molecule is COc1ccc(C(O)Cn2cnc(C(=O)NCc3ccc(F)cc3)n2)cc1. The minimum atomic E-state index is -0.798. The fourth-order valence-electron chi connectivity index (χ4n) is 2.46. The van der Waals surface area contributed by atoms with E-state index in [2.05, 4.69) is 15.4 Å². The van der Waals surface area contributed by atoms with Gasteiger partial charge in [-0.25, -0.2) is 14.1 Å². The van der Waals surface area contributed by atoms with Crippen LogP contribution >= 0.6 is 0 Å². The molecule has 1 atom stereocenters. The van der Waals surface area contributed by atoms with E-state index in [1.807, 2.05) is 0 Å². The number of nitrogens with zero attached hydrogens (tertiary/aromatic N) is 3. The second-order valence-electron chi connectivity index (χ2n) is 5.89. The van der Waals surface area contributed by atoms with Crippen LogP contribution in [0.3, 0.4) is 0 Å². The van der Waals surface area contributed by atoms with Crippen LogP contribution in [0.2, 0.25) is 0 Å². The first kappa shape index (κ1) is 18.5.